The van der Waals surface area contributed by atoms with Crippen LogP contribution in [-0.4, -0.2) is 48.0 Å². The maximum Gasteiger partial charge on any atom is 0.0718 e. The molecule has 1 N–H and O–H groups in total. The van der Waals surface area contributed by atoms with Crippen LogP contribution in [0, 0.1) is 5.41 Å². The van der Waals surface area contributed by atoms with Crippen LogP contribution in [0.1, 0.15) is 47.5 Å². The van der Waals surface area contributed by atoms with Crippen LogP contribution in [0.4, 0.5) is 0 Å². The van der Waals surface area contributed by atoms with Crippen LogP contribution in [0.25, 0.3) is 0 Å². The van der Waals surface area contributed by atoms with Crippen LogP contribution in [0.5, 0.6) is 0 Å². The highest BCUT2D eigenvalue weighted by Crippen LogP contribution is 2.28. The van der Waals surface area contributed by atoms with Crippen LogP contribution >= 0.6 is 0 Å². The molecule has 0 aliphatic carbocycles. The maximum absolute atomic E-state index is 10.4. The van der Waals surface area contributed by atoms with Crippen molar-refractivity contribution in [2.75, 3.05) is 26.3 Å². The number of ether oxygens (including phenoxy) is 1. The highest BCUT2D eigenvalue weighted by atomic mass is 16.5. The number of hydrogen-bond donors (Lipinski definition) is 1. The topological polar surface area (TPSA) is 32.7 Å². The maximum atomic E-state index is 10.4. The summed E-state index contributed by atoms with van der Waals surface area (Å²) in [5.74, 6) is 0. The highest BCUT2D eigenvalue weighted by Gasteiger charge is 2.35. The Morgan fingerprint density at radius 1 is 1.12 bits per heavy atom. The molecule has 3 heteroatoms. The zero-order chi connectivity index (χ0) is 13.1. The van der Waals surface area contributed by atoms with Gasteiger partial charge < -0.3 is 9.84 Å². The summed E-state index contributed by atoms with van der Waals surface area (Å²) in [6.07, 6.45) is 1.66. The second-order valence-corrected chi connectivity index (χ2v) is 6.87. The third-order valence-electron chi connectivity index (χ3n) is 3.81. The lowest BCUT2D eigenvalue weighted by Crippen LogP contribution is -2.56. The Morgan fingerprint density at radius 2 is 1.65 bits per heavy atom. The molecule has 0 amide bonds. The predicted molar refractivity (Wildman–Crippen MR) is 71.2 cm³/mol. The van der Waals surface area contributed by atoms with E-state index in [-0.39, 0.29) is 11.6 Å². The number of hydrogen-bond acceptors (Lipinski definition) is 3. The van der Waals surface area contributed by atoms with E-state index in [1.165, 1.54) is 0 Å². The van der Waals surface area contributed by atoms with E-state index >= 15 is 0 Å². The van der Waals surface area contributed by atoms with Crippen LogP contribution in [-0.2, 0) is 4.74 Å². The quantitative estimate of drug-likeness (QED) is 0.822. The van der Waals surface area contributed by atoms with Crippen molar-refractivity contribution in [3.63, 3.8) is 0 Å². The Morgan fingerprint density at radius 3 is 2.12 bits per heavy atom. The lowest BCUT2D eigenvalue weighted by atomic mass is 9.84. The molecular formula is C14H29NO2. The summed E-state index contributed by atoms with van der Waals surface area (Å²) < 4.78 is 5.37. The average Bonchev–Trinajstić information content (AvgIpc) is 2.26. The first kappa shape index (κ1) is 14.9. The van der Waals surface area contributed by atoms with Crippen LogP contribution in [0.15, 0.2) is 0 Å². The van der Waals surface area contributed by atoms with E-state index < -0.39 is 0 Å². The lowest BCUT2D eigenvalue weighted by molar-refractivity contribution is -0.0660. The molecule has 3 nitrogen and oxygen atoms in total. The van der Waals surface area contributed by atoms with Gasteiger partial charge in [-0.05, 0) is 32.1 Å². The van der Waals surface area contributed by atoms with Gasteiger partial charge in [-0.1, -0.05) is 20.8 Å². The molecule has 0 saturated carbocycles. The molecule has 0 bridgehead atoms. The van der Waals surface area contributed by atoms with Crippen molar-refractivity contribution in [3.05, 3.63) is 0 Å². The van der Waals surface area contributed by atoms with E-state index in [0.29, 0.717) is 5.41 Å². The minimum atomic E-state index is -0.264. The number of rotatable bonds is 4. The van der Waals surface area contributed by atoms with Gasteiger partial charge in [0, 0.05) is 18.6 Å². The number of aliphatic hydroxyl groups is 1. The third-order valence-corrected chi connectivity index (χ3v) is 3.81. The van der Waals surface area contributed by atoms with Crippen LogP contribution in [0.3, 0.4) is 0 Å². The van der Waals surface area contributed by atoms with Crippen molar-refractivity contribution < 1.29 is 9.84 Å². The van der Waals surface area contributed by atoms with Crippen molar-refractivity contribution >= 4 is 0 Å². The molecule has 1 atom stereocenters. The van der Waals surface area contributed by atoms with E-state index in [1.807, 2.05) is 0 Å². The third kappa shape index (κ3) is 4.57. The van der Waals surface area contributed by atoms with E-state index in [0.717, 1.165) is 39.1 Å². The molecule has 1 unspecified atom stereocenters. The van der Waals surface area contributed by atoms with Crippen molar-refractivity contribution in [2.24, 2.45) is 5.41 Å². The van der Waals surface area contributed by atoms with Gasteiger partial charge in [0.05, 0.1) is 19.3 Å². The molecule has 0 radical (unpaired) electrons. The number of morpholine rings is 1. The molecule has 1 aliphatic heterocycles. The average molecular weight is 243 g/mol. The summed E-state index contributed by atoms with van der Waals surface area (Å²) in [5.41, 5.74) is 0.150. The summed E-state index contributed by atoms with van der Waals surface area (Å²) in [7, 11) is 0. The van der Waals surface area contributed by atoms with Crippen molar-refractivity contribution in [3.8, 4) is 0 Å². The summed E-state index contributed by atoms with van der Waals surface area (Å²) in [6.45, 7) is 14.4. The Labute approximate surface area is 106 Å². The molecule has 1 aliphatic rings. The standard InChI is InChI=1S/C14H29NO2/c1-13(2,3)7-6-12(16)14(4,5)15-8-10-17-11-9-15/h12,16H,6-11H2,1-5H3. The molecule has 1 rings (SSSR count). The molecule has 1 saturated heterocycles. The SMILES string of the molecule is CC(C)(C)CCC(O)C(C)(C)N1CCOCC1. The van der Waals surface area contributed by atoms with E-state index in [9.17, 15) is 5.11 Å². The Bertz CT molecular complexity index is 227. The first-order valence-corrected chi connectivity index (χ1v) is 6.74. The van der Waals surface area contributed by atoms with Gasteiger partial charge in [0.15, 0.2) is 0 Å². The summed E-state index contributed by atoms with van der Waals surface area (Å²) in [6, 6.07) is 0. The van der Waals surface area contributed by atoms with Gasteiger partial charge in [-0.2, -0.15) is 0 Å². The summed E-state index contributed by atoms with van der Waals surface area (Å²) in [4.78, 5) is 2.35. The largest absolute Gasteiger partial charge is 0.391 e. The van der Waals surface area contributed by atoms with E-state index in [1.54, 1.807) is 0 Å². The first-order chi connectivity index (χ1) is 7.73. The van der Waals surface area contributed by atoms with Crippen molar-refractivity contribution in [1.29, 1.82) is 0 Å². The Balaban J connectivity index is 2.49. The summed E-state index contributed by atoms with van der Waals surface area (Å²) in [5, 5.41) is 10.4. The molecule has 1 fully saturated rings. The molecule has 17 heavy (non-hydrogen) atoms. The predicted octanol–water partition coefficient (Wildman–Crippen LogP) is 2.28. The fraction of sp³-hybridized carbons (Fsp3) is 1.00. The van der Waals surface area contributed by atoms with Gasteiger partial charge in [0.1, 0.15) is 0 Å². The van der Waals surface area contributed by atoms with E-state index in [2.05, 4.69) is 39.5 Å². The molecular weight excluding hydrogens is 214 g/mol. The number of aliphatic hydroxyl groups excluding tert-OH is 1. The van der Waals surface area contributed by atoms with Gasteiger partial charge >= 0.3 is 0 Å². The first-order valence-electron chi connectivity index (χ1n) is 6.74. The van der Waals surface area contributed by atoms with Crippen molar-refractivity contribution in [2.45, 2.75) is 59.1 Å². The highest BCUT2D eigenvalue weighted by molar-refractivity contribution is 4.90. The molecule has 0 aromatic rings. The fourth-order valence-corrected chi connectivity index (χ4v) is 2.27. The zero-order valence-electron chi connectivity index (χ0n) is 12.1. The fourth-order valence-electron chi connectivity index (χ4n) is 2.27. The second kappa shape index (κ2) is 5.68. The normalized spacial score (nSPS) is 21.5. The monoisotopic (exact) mass is 243 g/mol. The van der Waals surface area contributed by atoms with Gasteiger partial charge in [-0.3, -0.25) is 4.90 Å². The van der Waals surface area contributed by atoms with E-state index in [4.69, 9.17) is 4.74 Å². The molecule has 0 spiro atoms. The molecule has 1 heterocycles. The lowest BCUT2D eigenvalue weighted by Gasteiger charge is -2.44. The minimum Gasteiger partial charge on any atom is -0.391 e. The molecule has 102 valence electrons. The van der Waals surface area contributed by atoms with Gasteiger partial charge in [-0.25, -0.2) is 0 Å². The van der Waals surface area contributed by atoms with Gasteiger partial charge in [0.2, 0.25) is 0 Å². The Kier molecular flexibility index (Phi) is 4.99. The van der Waals surface area contributed by atoms with Crippen LogP contribution in [0.2, 0.25) is 0 Å². The Hall–Kier alpha value is -0.120. The molecule has 0 aromatic heterocycles. The zero-order valence-corrected chi connectivity index (χ0v) is 12.1. The summed E-state index contributed by atoms with van der Waals surface area (Å²) >= 11 is 0. The van der Waals surface area contributed by atoms with Gasteiger partial charge in [0.25, 0.3) is 0 Å². The van der Waals surface area contributed by atoms with Gasteiger partial charge in [-0.15, -0.1) is 0 Å². The smallest absolute Gasteiger partial charge is 0.0718 e. The molecule has 0 aromatic carbocycles. The van der Waals surface area contributed by atoms with Crippen molar-refractivity contribution in [1.82, 2.24) is 4.90 Å². The second-order valence-electron chi connectivity index (χ2n) is 6.87. The minimum absolute atomic E-state index is 0.144. The van der Waals surface area contributed by atoms with Crippen LogP contribution < -0.4 is 0 Å². The number of nitrogens with zero attached hydrogens (tertiary/aromatic N) is 1.